The Labute approximate surface area is 174 Å². The van der Waals surface area contributed by atoms with Crippen LogP contribution in [0.1, 0.15) is 19.3 Å². The molecule has 2 aromatic heterocycles. The van der Waals surface area contributed by atoms with E-state index in [9.17, 15) is 0 Å². The number of nitrogens with zero attached hydrogens (tertiary/aromatic N) is 3. The van der Waals surface area contributed by atoms with Gasteiger partial charge in [-0.2, -0.15) is 0 Å². The highest BCUT2D eigenvalue weighted by atomic mass is 35.5. The van der Waals surface area contributed by atoms with Crippen molar-refractivity contribution < 1.29 is 5.11 Å². The second-order valence-corrected chi connectivity index (χ2v) is 7.94. The van der Waals surface area contributed by atoms with Gasteiger partial charge in [0.2, 0.25) is 0 Å². The number of pyridine rings is 1. The molecule has 3 aromatic rings. The lowest BCUT2D eigenvalue weighted by atomic mass is 9.94. The van der Waals surface area contributed by atoms with E-state index in [0.717, 1.165) is 60.8 Å². The van der Waals surface area contributed by atoms with Crippen LogP contribution in [0.4, 0.5) is 5.82 Å². The van der Waals surface area contributed by atoms with Gasteiger partial charge in [-0.3, -0.25) is 0 Å². The highest BCUT2D eigenvalue weighted by Gasteiger charge is 2.19. The fourth-order valence-corrected chi connectivity index (χ4v) is 3.92. The molecule has 1 aliphatic heterocycles. The first-order valence-corrected chi connectivity index (χ1v) is 10.2. The predicted octanol–water partition coefficient (Wildman–Crippen LogP) is 5.04. The quantitative estimate of drug-likeness (QED) is 0.610. The van der Waals surface area contributed by atoms with Gasteiger partial charge in [0.05, 0.1) is 21.9 Å². The SMILES string of the molecule is OCCC1CCN(c2ccc(-c3ncc(-c4ccc(Cl)c(Cl)c4)[nH]3)cn2)CC1. The minimum Gasteiger partial charge on any atom is -0.396 e. The summed E-state index contributed by atoms with van der Waals surface area (Å²) < 4.78 is 0. The number of aromatic amines is 1. The molecule has 28 heavy (non-hydrogen) atoms. The smallest absolute Gasteiger partial charge is 0.139 e. The van der Waals surface area contributed by atoms with Crippen molar-refractivity contribution in [3.8, 4) is 22.6 Å². The number of halogens is 2. The Morgan fingerprint density at radius 2 is 1.79 bits per heavy atom. The maximum absolute atomic E-state index is 9.09. The van der Waals surface area contributed by atoms with Gasteiger partial charge in [-0.1, -0.05) is 29.3 Å². The van der Waals surface area contributed by atoms with Crippen LogP contribution in [0.25, 0.3) is 22.6 Å². The number of aliphatic hydroxyl groups excluding tert-OH is 1. The third-order valence-corrected chi connectivity index (χ3v) is 6.04. The van der Waals surface area contributed by atoms with Crippen molar-refractivity contribution in [2.75, 3.05) is 24.6 Å². The molecule has 0 bridgehead atoms. The van der Waals surface area contributed by atoms with E-state index in [-0.39, 0.29) is 6.61 Å². The molecule has 0 saturated carbocycles. The van der Waals surface area contributed by atoms with E-state index >= 15 is 0 Å². The van der Waals surface area contributed by atoms with Gasteiger partial charge in [0.25, 0.3) is 0 Å². The van der Waals surface area contributed by atoms with Crippen LogP contribution in [0.15, 0.2) is 42.7 Å². The molecule has 0 spiro atoms. The summed E-state index contributed by atoms with van der Waals surface area (Å²) in [7, 11) is 0. The van der Waals surface area contributed by atoms with Gasteiger partial charge in [-0.05, 0) is 49.4 Å². The molecule has 0 unspecified atom stereocenters. The third-order valence-electron chi connectivity index (χ3n) is 5.30. The highest BCUT2D eigenvalue weighted by molar-refractivity contribution is 6.42. The topological polar surface area (TPSA) is 65.0 Å². The summed E-state index contributed by atoms with van der Waals surface area (Å²) in [5.41, 5.74) is 2.75. The van der Waals surface area contributed by atoms with E-state index in [0.29, 0.717) is 16.0 Å². The maximum atomic E-state index is 9.09. The second kappa shape index (κ2) is 8.52. The Hall–Kier alpha value is -2.08. The van der Waals surface area contributed by atoms with Crippen molar-refractivity contribution >= 4 is 29.0 Å². The van der Waals surface area contributed by atoms with Crippen LogP contribution in [0, 0.1) is 5.92 Å². The molecule has 0 amide bonds. The molecule has 7 heteroatoms. The Morgan fingerprint density at radius 3 is 2.46 bits per heavy atom. The lowest BCUT2D eigenvalue weighted by Crippen LogP contribution is -2.34. The van der Waals surface area contributed by atoms with Crippen molar-refractivity contribution in [3.63, 3.8) is 0 Å². The Bertz CT molecular complexity index is 934. The van der Waals surface area contributed by atoms with Gasteiger partial charge in [0.15, 0.2) is 0 Å². The van der Waals surface area contributed by atoms with Crippen LogP contribution in [0.5, 0.6) is 0 Å². The van der Waals surface area contributed by atoms with Crippen LogP contribution in [-0.4, -0.2) is 39.8 Å². The number of imidazole rings is 1. The van der Waals surface area contributed by atoms with Crippen LogP contribution < -0.4 is 4.90 Å². The van der Waals surface area contributed by atoms with Gasteiger partial charge >= 0.3 is 0 Å². The first-order chi connectivity index (χ1) is 13.6. The monoisotopic (exact) mass is 416 g/mol. The maximum Gasteiger partial charge on any atom is 0.139 e. The Morgan fingerprint density at radius 1 is 1.00 bits per heavy atom. The zero-order valence-corrected chi connectivity index (χ0v) is 16.9. The van der Waals surface area contributed by atoms with Crippen LogP contribution in [0.3, 0.4) is 0 Å². The standard InChI is InChI=1S/C21H22Cl2N4O/c22-17-3-1-15(11-18(17)23)19-13-25-21(26-19)16-2-4-20(24-12-16)27-8-5-14(6-9-27)7-10-28/h1-4,11-14,28H,5-10H2,(H,25,26). The number of piperidine rings is 1. The van der Waals surface area contributed by atoms with Crippen LogP contribution >= 0.6 is 23.2 Å². The average Bonchev–Trinajstić information content (AvgIpc) is 3.21. The molecule has 5 nitrogen and oxygen atoms in total. The number of aromatic nitrogens is 3. The van der Waals surface area contributed by atoms with Crippen molar-refractivity contribution in [2.24, 2.45) is 5.92 Å². The molecule has 0 radical (unpaired) electrons. The number of hydrogen-bond donors (Lipinski definition) is 2. The molecule has 4 rings (SSSR count). The zero-order valence-electron chi connectivity index (χ0n) is 15.4. The fraction of sp³-hybridized carbons (Fsp3) is 0.333. The largest absolute Gasteiger partial charge is 0.396 e. The molecule has 0 atom stereocenters. The number of H-pyrrole nitrogens is 1. The molecule has 0 aliphatic carbocycles. The molecular weight excluding hydrogens is 395 g/mol. The first kappa shape index (κ1) is 19.2. The molecule has 1 aromatic carbocycles. The number of nitrogens with one attached hydrogen (secondary N) is 1. The molecule has 1 fully saturated rings. The first-order valence-electron chi connectivity index (χ1n) is 9.46. The normalized spacial score (nSPS) is 15.2. The minimum absolute atomic E-state index is 0.283. The number of hydrogen-bond acceptors (Lipinski definition) is 4. The van der Waals surface area contributed by atoms with E-state index < -0.39 is 0 Å². The molecular formula is C21H22Cl2N4O. The fourth-order valence-electron chi connectivity index (χ4n) is 3.62. The van der Waals surface area contributed by atoms with Crippen molar-refractivity contribution in [1.29, 1.82) is 0 Å². The molecule has 146 valence electrons. The molecule has 1 saturated heterocycles. The number of benzene rings is 1. The van der Waals surface area contributed by atoms with Crippen LogP contribution in [0.2, 0.25) is 10.0 Å². The molecule has 1 aliphatic rings. The summed E-state index contributed by atoms with van der Waals surface area (Å²) in [5.74, 6) is 2.38. The third kappa shape index (κ3) is 4.17. The number of anilines is 1. The predicted molar refractivity (Wildman–Crippen MR) is 114 cm³/mol. The zero-order chi connectivity index (χ0) is 19.5. The summed E-state index contributed by atoms with van der Waals surface area (Å²) in [6.07, 6.45) is 6.76. The van der Waals surface area contributed by atoms with E-state index in [4.69, 9.17) is 28.3 Å². The van der Waals surface area contributed by atoms with Crippen LogP contribution in [-0.2, 0) is 0 Å². The van der Waals surface area contributed by atoms with E-state index in [1.54, 1.807) is 12.3 Å². The lowest BCUT2D eigenvalue weighted by molar-refractivity contribution is 0.240. The van der Waals surface area contributed by atoms with Gasteiger partial charge in [0, 0.05) is 37.0 Å². The Balaban J connectivity index is 1.46. The van der Waals surface area contributed by atoms with Crippen molar-refractivity contribution in [3.05, 3.63) is 52.8 Å². The second-order valence-electron chi connectivity index (χ2n) is 7.12. The molecule has 2 N–H and O–H groups in total. The number of rotatable bonds is 5. The Kier molecular flexibility index (Phi) is 5.85. The van der Waals surface area contributed by atoms with E-state index in [2.05, 4.69) is 19.9 Å². The highest BCUT2D eigenvalue weighted by Crippen LogP contribution is 2.29. The summed E-state index contributed by atoms with van der Waals surface area (Å²) in [5, 5.41) is 10.1. The average molecular weight is 417 g/mol. The van der Waals surface area contributed by atoms with Gasteiger partial charge in [-0.25, -0.2) is 9.97 Å². The summed E-state index contributed by atoms with van der Waals surface area (Å²) in [4.78, 5) is 14.7. The number of aliphatic hydroxyl groups is 1. The van der Waals surface area contributed by atoms with Gasteiger partial charge in [-0.15, -0.1) is 0 Å². The summed E-state index contributed by atoms with van der Waals surface area (Å²) in [6, 6.07) is 9.60. The van der Waals surface area contributed by atoms with Crippen molar-refractivity contribution in [2.45, 2.75) is 19.3 Å². The summed E-state index contributed by atoms with van der Waals surface area (Å²) >= 11 is 12.1. The minimum atomic E-state index is 0.283. The van der Waals surface area contributed by atoms with E-state index in [1.807, 2.05) is 30.5 Å². The van der Waals surface area contributed by atoms with Crippen molar-refractivity contribution in [1.82, 2.24) is 15.0 Å². The van der Waals surface area contributed by atoms with E-state index in [1.165, 1.54) is 0 Å². The van der Waals surface area contributed by atoms with Gasteiger partial charge < -0.3 is 15.0 Å². The molecule has 3 heterocycles. The lowest BCUT2D eigenvalue weighted by Gasteiger charge is -2.32. The van der Waals surface area contributed by atoms with Gasteiger partial charge in [0.1, 0.15) is 11.6 Å². The summed E-state index contributed by atoms with van der Waals surface area (Å²) in [6.45, 7) is 2.25.